The van der Waals surface area contributed by atoms with E-state index in [9.17, 15) is 0 Å². The lowest BCUT2D eigenvalue weighted by atomic mass is 10.0. The van der Waals surface area contributed by atoms with Crippen molar-refractivity contribution in [3.63, 3.8) is 0 Å². The molecule has 1 aromatic heterocycles. The SMILES string of the molecule is CCNC(Cc1c(Br)c(C)nn1CC)c1ccccc1. The molecule has 0 saturated carbocycles. The van der Waals surface area contributed by atoms with Crippen molar-refractivity contribution in [2.75, 3.05) is 6.54 Å². The second-order valence-corrected chi connectivity index (χ2v) is 5.68. The van der Waals surface area contributed by atoms with E-state index in [4.69, 9.17) is 0 Å². The first kappa shape index (κ1) is 15.3. The number of aromatic nitrogens is 2. The molecule has 1 N–H and O–H groups in total. The van der Waals surface area contributed by atoms with E-state index in [0.717, 1.165) is 29.7 Å². The molecule has 1 heterocycles. The van der Waals surface area contributed by atoms with Gasteiger partial charge < -0.3 is 5.32 Å². The van der Waals surface area contributed by atoms with Crippen LogP contribution in [-0.2, 0) is 13.0 Å². The molecule has 1 unspecified atom stereocenters. The summed E-state index contributed by atoms with van der Waals surface area (Å²) >= 11 is 3.68. The first-order chi connectivity index (χ1) is 9.67. The van der Waals surface area contributed by atoms with Crippen molar-refractivity contribution >= 4 is 15.9 Å². The summed E-state index contributed by atoms with van der Waals surface area (Å²) in [7, 11) is 0. The average molecular weight is 336 g/mol. The van der Waals surface area contributed by atoms with Gasteiger partial charge in [0.15, 0.2) is 0 Å². The van der Waals surface area contributed by atoms with Crippen LogP contribution in [0.25, 0.3) is 0 Å². The molecule has 3 nitrogen and oxygen atoms in total. The van der Waals surface area contributed by atoms with E-state index >= 15 is 0 Å². The zero-order valence-electron chi connectivity index (χ0n) is 12.4. The number of rotatable bonds is 6. The standard InChI is InChI=1S/C16H22BrN3/c1-4-18-14(13-9-7-6-8-10-13)11-15-16(17)12(3)19-20(15)5-2/h6-10,14,18H,4-5,11H2,1-3H3. The number of nitrogens with one attached hydrogen (secondary N) is 1. The molecule has 0 aliphatic rings. The summed E-state index contributed by atoms with van der Waals surface area (Å²) in [5.41, 5.74) is 3.65. The maximum absolute atomic E-state index is 4.58. The molecule has 0 aliphatic heterocycles. The monoisotopic (exact) mass is 335 g/mol. The minimum Gasteiger partial charge on any atom is -0.310 e. The summed E-state index contributed by atoms with van der Waals surface area (Å²) in [6.07, 6.45) is 0.938. The lowest BCUT2D eigenvalue weighted by Gasteiger charge is -2.19. The molecular formula is C16H22BrN3. The van der Waals surface area contributed by atoms with Gasteiger partial charge in [0.1, 0.15) is 0 Å². The topological polar surface area (TPSA) is 29.9 Å². The highest BCUT2D eigenvalue weighted by Crippen LogP contribution is 2.26. The second kappa shape index (κ2) is 7.04. The zero-order valence-corrected chi connectivity index (χ0v) is 13.9. The summed E-state index contributed by atoms with van der Waals surface area (Å²) in [5, 5.41) is 8.15. The van der Waals surface area contributed by atoms with Crippen LogP contribution in [-0.4, -0.2) is 16.3 Å². The fraction of sp³-hybridized carbons (Fsp3) is 0.438. The van der Waals surface area contributed by atoms with Gasteiger partial charge in [-0.15, -0.1) is 0 Å². The van der Waals surface area contributed by atoms with Gasteiger partial charge in [-0.25, -0.2) is 0 Å². The minimum absolute atomic E-state index is 0.318. The number of likely N-dealkylation sites (N-methyl/N-ethyl adjacent to an activating group) is 1. The van der Waals surface area contributed by atoms with E-state index in [0.29, 0.717) is 6.04 Å². The fourth-order valence-corrected chi connectivity index (χ4v) is 2.94. The summed E-state index contributed by atoms with van der Waals surface area (Å²) in [5.74, 6) is 0. The molecule has 1 atom stereocenters. The molecule has 0 spiro atoms. The highest BCUT2D eigenvalue weighted by molar-refractivity contribution is 9.10. The summed E-state index contributed by atoms with van der Waals surface area (Å²) in [4.78, 5) is 0. The van der Waals surface area contributed by atoms with Crippen LogP contribution in [0.2, 0.25) is 0 Å². The van der Waals surface area contributed by atoms with Gasteiger partial charge >= 0.3 is 0 Å². The van der Waals surface area contributed by atoms with Crippen LogP contribution >= 0.6 is 15.9 Å². The van der Waals surface area contributed by atoms with E-state index < -0.39 is 0 Å². The predicted molar refractivity (Wildman–Crippen MR) is 86.9 cm³/mol. The maximum atomic E-state index is 4.58. The Kier molecular flexibility index (Phi) is 5.38. The average Bonchev–Trinajstić information content (AvgIpc) is 2.75. The van der Waals surface area contributed by atoms with Crippen molar-refractivity contribution in [3.8, 4) is 0 Å². The first-order valence-corrected chi connectivity index (χ1v) is 7.96. The van der Waals surface area contributed by atoms with Gasteiger partial charge in [-0.3, -0.25) is 4.68 Å². The van der Waals surface area contributed by atoms with Crippen LogP contribution in [0.5, 0.6) is 0 Å². The molecule has 0 radical (unpaired) electrons. The Bertz CT molecular complexity index is 548. The lowest BCUT2D eigenvalue weighted by molar-refractivity contribution is 0.515. The quantitative estimate of drug-likeness (QED) is 0.868. The van der Waals surface area contributed by atoms with Gasteiger partial charge in [0.2, 0.25) is 0 Å². The summed E-state index contributed by atoms with van der Waals surface area (Å²) in [6, 6.07) is 10.9. The predicted octanol–water partition coefficient (Wildman–Crippen LogP) is 3.87. The molecule has 0 bridgehead atoms. The molecule has 108 valence electrons. The fourth-order valence-electron chi connectivity index (χ4n) is 2.50. The van der Waals surface area contributed by atoms with Crippen LogP contribution in [0, 0.1) is 6.92 Å². The Morgan fingerprint density at radius 2 is 1.95 bits per heavy atom. The smallest absolute Gasteiger partial charge is 0.0738 e. The van der Waals surface area contributed by atoms with Crippen molar-refractivity contribution in [1.82, 2.24) is 15.1 Å². The van der Waals surface area contributed by atoms with E-state index in [1.807, 2.05) is 6.92 Å². The third kappa shape index (κ3) is 3.30. The zero-order chi connectivity index (χ0) is 14.5. The van der Waals surface area contributed by atoms with Crippen LogP contribution in [0.15, 0.2) is 34.8 Å². The highest BCUT2D eigenvalue weighted by Gasteiger charge is 2.18. The number of hydrogen-bond acceptors (Lipinski definition) is 2. The van der Waals surface area contributed by atoms with Crippen molar-refractivity contribution in [2.24, 2.45) is 0 Å². The number of hydrogen-bond donors (Lipinski definition) is 1. The van der Waals surface area contributed by atoms with Crippen molar-refractivity contribution in [3.05, 3.63) is 51.8 Å². The third-order valence-corrected chi connectivity index (χ3v) is 4.53. The largest absolute Gasteiger partial charge is 0.310 e. The molecule has 0 fully saturated rings. The second-order valence-electron chi connectivity index (χ2n) is 4.89. The molecule has 0 saturated heterocycles. The Morgan fingerprint density at radius 3 is 2.55 bits per heavy atom. The minimum atomic E-state index is 0.318. The Balaban J connectivity index is 2.29. The highest BCUT2D eigenvalue weighted by atomic mass is 79.9. The van der Waals surface area contributed by atoms with Crippen molar-refractivity contribution < 1.29 is 0 Å². The third-order valence-electron chi connectivity index (χ3n) is 3.50. The normalized spacial score (nSPS) is 12.6. The molecular weight excluding hydrogens is 314 g/mol. The first-order valence-electron chi connectivity index (χ1n) is 7.17. The Hall–Kier alpha value is -1.13. The summed E-state index contributed by atoms with van der Waals surface area (Å²) in [6.45, 7) is 8.18. The number of halogens is 1. The van der Waals surface area contributed by atoms with Crippen LogP contribution in [0.4, 0.5) is 0 Å². The van der Waals surface area contributed by atoms with E-state index in [-0.39, 0.29) is 0 Å². The molecule has 2 rings (SSSR count). The van der Waals surface area contributed by atoms with Crippen LogP contribution in [0.1, 0.15) is 36.8 Å². The van der Waals surface area contributed by atoms with E-state index in [2.05, 4.69) is 75.2 Å². The van der Waals surface area contributed by atoms with Crippen LogP contribution in [0.3, 0.4) is 0 Å². The Labute approximate surface area is 129 Å². The van der Waals surface area contributed by atoms with Gasteiger partial charge in [-0.2, -0.15) is 5.10 Å². The van der Waals surface area contributed by atoms with Gasteiger partial charge in [-0.1, -0.05) is 37.3 Å². The molecule has 2 aromatic rings. The molecule has 4 heteroatoms. The molecule has 0 aliphatic carbocycles. The number of aryl methyl sites for hydroxylation is 2. The maximum Gasteiger partial charge on any atom is 0.0738 e. The number of benzene rings is 1. The van der Waals surface area contributed by atoms with Crippen LogP contribution < -0.4 is 5.32 Å². The van der Waals surface area contributed by atoms with Gasteiger partial charge in [0.05, 0.1) is 15.9 Å². The van der Waals surface area contributed by atoms with Gasteiger partial charge in [0.25, 0.3) is 0 Å². The van der Waals surface area contributed by atoms with Gasteiger partial charge in [-0.05, 0) is 41.9 Å². The molecule has 1 aromatic carbocycles. The van der Waals surface area contributed by atoms with E-state index in [1.54, 1.807) is 0 Å². The molecule has 20 heavy (non-hydrogen) atoms. The summed E-state index contributed by atoms with van der Waals surface area (Å²) < 4.78 is 3.23. The lowest BCUT2D eigenvalue weighted by Crippen LogP contribution is -2.24. The van der Waals surface area contributed by atoms with Crippen molar-refractivity contribution in [1.29, 1.82) is 0 Å². The Morgan fingerprint density at radius 1 is 1.25 bits per heavy atom. The van der Waals surface area contributed by atoms with E-state index in [1.165, 1.54) is 11.3 Å². The van der Waals surface area contributed by atoms with Gasteiger partial charge in [0, 0.05) is 19.0 Å². The van der Waals surface area contributed by atoms with Crippen molar-refractivity contribution in [2.45, 2.75) is 39.8 Å². The number of nitrogens with zero attached hydrogens (tertiary/aromatic N) is 2. The molecule has 0 amide bonds.